The van der Waals surface area contributed by atoms with Crippen molar-refractivity contribution in [2.45, 2.75) is 62.6 Å². The Hall–Kier alpha value is -3.66. The van der Waals surface area contributed by atoms with Crippen LogP contribution < -0.4 is 9.62 Å². The molecule has 0 spiro atoms. The normalized spacial score (nSPS) is 14.1. The molecule has 0 bridgehead atoms. The van der Waals surface area contributed by atoms with Crippen LogP contribution in [-0.2, 0) is 32.6 Å². The van der Waals surface area contributed by atoms with Crippen LogP contribution in [-0.4, -0.2) is 43.8 Å². The van der Waals surface area contributed by atoms with Crippen LogP contribution in [0.5, 0.6) is 0 Å². The Labute approximate surface area is 284 Å². The summed E-state index contributed by atoms with van der Waals surface area (Å²) in [6.45, 7) is 1.44. The number of aryl methyl sites for hydroxylation is 1. The highest BCUT2D eigenvalue weighted by Gasteiger charge is 2.35. The van der Waals surface area contributed by atoms with E-state index in [9.17, 15) is 18.0 Å². The molecule has 1 aliphatic carbocycles. The number of carbonyl (C=O) groups excluding carboxylic acids is 2. The molecule has 46 heavy (non-hydrogen) atoms. The SMILES string of the molecule is Cc1ccc(S(=O)(=O)N(CC(=O)N(Cc2cccc(Br)c2)[C@@H](Cc2ccccc2)C(=O)NC2CCCC2)c2cccc(Cl)c2)cc1. The summed E-state index contributed by atoms with van der Waals surface area (Å²) in [4.78, 5) is 30.3. The number of amides is 2. The number of rotatable bonds is 12. The number of halogens is 2. The fourth-order valence-electron chi connectivity index (χ4n) is 5.75. The van der Waals surface area contributed by atoms with Crippen LogP contribution in [0.3, 0.4) is 0 Å². The van der Waals surface area contributed by atoms with E-state index in [1.165, 1.54) is 23.1 Å². The predicted octanol–water partition coefficient (Wildman–Crippen LogP) is 7.31. The average Bonchev–Trinajstić information content (AvgIpc) is 3.55. The smallest absolute Gasteiger partial charge is 0.264 e. The fourth-order valence-corrected chi connectivity index (χ4v) is 7.79. The van der Waals surface area contributed by atoms with Gasteiger partial charge in [-0.3, -0.25) is 13.9 Å². The van der Waals surface area contributed by atoms with Crippen molar-refractivity contribution in [1.82, 2.24) is 10.2 Å². The summed E-state index contributed by atoms with van der Waals surface area (Å²) >= 11 is 9.84. The predicted molar refractivity (Wildman–Crippen MR) is 186 cm³/mol. The lowest BCUT2D eigenvalue weighted by atomic mass is 10.0. The summed E-state index contributed by atoms with van der Waals surface area (Å²) in [5.74, 6) is -0.770. The van der Waals surface area contributed by atoms with E-state index in [0.717, 1.165) is 51.2 Å². The van der Waals surface area contributed by atoms with Crippen molar-refractivity contribution < 1.29 is 18.0 Å². The third kappa shape index (κ3) is 8.57. The Morgan fingerprint density at radius 2 is 1.57 bits per heavy atom. The van der Waals surface area contributed by atoms with Crippen LogP contribution in [0.2, 0.25) is 5.02 Å². The van der Waals surface area contributed by atoms with Crippen molar-refractivity contribution in [1.29, 1.82) is 0 Å². The molecule has 1 atom stereocenters. The van der Waals surface area contributed by atoms with Crippen LogP contribution in [0.15, 0.2) is 112 Å². The van der Waals surface area contributed by atoms with E-state index >= 15 is 0 Å². The van der Waals surface area contributed by atoms with Crippen LogP contribution in [0, 0.1) is 6.92 Å². The summed E-state index contributed by atoms with van der Waals surface area (Å²) in [6.07, 6.45) is 4.13. The first-order valence-corrected chi connectivity index (χ1v) is 17.9. The zero-order valence-corrected chi connectivity index (χ0v) is 28.8. The largest absolute Gasteiger partial charge is 0.352 e. The van der Waals surface area contributed by atoms with E-state index < -0.39 is 28.5 Å². The molecule has 0 radical (unpaired) electrons. The van der Waals surface area contributed by atoms with Crippen molar-refractivity contribution in [3.63, 3.8) is 0 Å². The molecule has 10 heteroatoms. The van der Waals surface area contributed by atoms with E-state index in [1.54, 1.807) is 30.3 Å². The number of carbonyl (C=O) groups is 2. The maximum Gasteiger partial charge on any atom is 0.264 e. The minimum atomic E-state index is -4.20. The van der Waals surface area contributed by atoms with Gasteiger partial charge in [0.1, 0.15) is 12.6 Å². The van der Waals surface area contributed by atoms with Crippen molar-refractivity contribution in [2.75, 3.05) is 10.8 Å². The maximum absolute atomic E-state index is 14.6. The zero-order valence-electron chi connectivity index (χ0n) is 25.6. The van der Waals surface area contributed by atoms with Crippen molar-refractivity contribution >= 4 is 55.1 Å². The molecular weight excluding hydrogens is 686 g/mol. The van der Waals surface area contributed by atoms with Gasteiger partial charge in [0.25, 0.3) is 10.0 Å². The minimum Gasteiger partial charge on any atom is -0.352 e. The molecule has 1 saturated carbocycles. The summed E-state index contributed by atoms with van der Waals surface area (Å²) < 4.78 is 30.2. The van der Waals surface area contributed by atoms with Crippen molar-refractivity contribution in [3.8, 4) is 0 Å². The summed E-state index contributed by atoms with van der Waals surface area (Å²) in [5.41, 5.74) is 2.84. The van der Waals surface area contributed by atoms with Crippen LogP contribution >= 0.6 is 27.5 Å². The Morgan fingerprint density at radius 3 is 2.24 bits per heavy atom. The van der Waals surface area contributed by atoms with Gasteiger partial charge in [-0.2, -0.15) is 0 Å². The van der Waals surface area contributed by atoms with E-state index in [1.807, 2.05) is 61.5 Å². The Balaban J connectivity index is 1.57. The third-order valence-corrected chi connectivity index (χ3v) is 10.7. The van der Waals surface area contributed by atoms with Gasteiger partial charge in [-0.25, -0.2) is 8.42 Å². The van der Waals surface area contributed by atoms with Crippen LogP contribution in [0.25, 0.3) is 0 Å². The number of nitrogens with zero attached hydrogens (tertiary/aromatic N) is 2. The highest BCUT2D eigenvalue weighted by molar-refractivity contribution is 9.10. The molecule has 4 aromatic carbocycles. The molecule has 0 heterocycles. The molecule has 1 fully saturated rings. The van der Waals surface area contributed by atoms with Crippen molar-refractivity contribution in [2.24, 2.45) is 0 Å². The topological polar surface area (TPSA) is 86.8 Å². The maximum atomic E-state index is 14.6. The second kappa shape index (κ2) is 15.3. The Morgan fingerprint density at radius 1 is 0.891 bits per heavy atom. The molecule has 2 amide bonds. The molecule has 0 saturated heterocycles. The fraction of sp³-hybridized carbons (Fsp3) is 0.278. The highest BCUT2D eigenvalue weighted by atomic mass is 79.9. The van der Waals surface area contributed by atoms with Crippen LogP contribution in [0.4, 0.5) is 5.69 Å². The molecule has 0 aromatic heterocycles. The molecule has 0 aliphatic heterocycles. The van der Waals surface area contributed by atoms with Gasteiger partial charge in [0.2, 0.25) is 11.8 Å². The molecule has 4 aromatic rings. The van der Waals surface area contributed by atoms with E-state index in [-0.39, 0.29) is 35.5 Å². The van der Waals surface area contributed by atoms with Gasteiger partial charge in [-0.15, -0.1) is 0 Å². The molecule has 5 rings (SSSR count). The first-order valence-electron chi connectivity index (χ1n) is 15.3. The average molecular weight is 723 g/mol. The molecular formula is C36H37BrClN3O4S. The third-order valence-electron chi connectivity index (χ3n) is 8.20. The lowest BCUT2D eigenvalue weighted by molar-refractivity contribution is -0.140. The van der Waals surface area contributed by atoms with E-state index in [0.29, 0.717) is 5.02 Å². The number of hydrogen-bond acceptors (Lipinski definition) is 4. The number of benzene rings is 4. The van der Waals surface area contributed by atoms with Crippen molar-refractivity contribution in [3.05, 3.63) is 129 Å². The number of sulfonamides is 1. The lowest BCUT2D eigenvalue weighted by Gasteiger charge is -2.34. The highest BCUT2D eigenvalue weighted by Crippen LogP contribution is 2.28. The second-order valence-electron chi connectivity index (χ2n) is 11.7. The van der Waals surface area contributed by atoms with Gasteiger partial charge >= 0.3 is 0 Å². The first kappa shape index (κ1) is 33.7. The van der Waals surface area contributed by atoms with Crippen LogP contribution in [0.1, 0.15) is 42.4 Å². The van der Waals surface area contributed by atoms with E-state index in [4.69, 9.17) is 11.6 Å². The summed E-state index contributed by atoms with van der Waals surface area (Å²) in [6, 6.07) is 29.2. The minimum absolute atomic E-state index is 0.0402. The van der Waals surface area contributed by atoms with Gasteiger partial charge in [-0.1, -0.05) is 107 Å². The second-order valence-corrected chi connectivity index (χ2v) is 14.9. The number of hydrogen-bond donors (Lipinski definition) is 1. The zero-order chi connectivity index (χ0) is 32.7. The molecule has 240 valence electrons. The van der Waals surface area contributed by atoms with Gasteiger partial charge in [-0.05, 0) is 73.4 Å². The molecule has 7 nitrogen and oxygen atoms in total. The first-order chi connectivity index (χ1) is 22.1. The summed E-state index contributed by atoms with van der Waals surface area (Å²) in [7, 11) is -4.20. The number of anilines is 1. The van der Waals surface area contributed by atoms with E-state index in [2.05, 4.69) is 21.2 Å². The molecule has 1 aliphatic rings. The summed E-state index contributed by atoms with van der Waals surface area (Å²) in [5, 5.41) is 3.53. The quantitative estimate of drug-likeness (QED) is 0.166. The molecule has 1 N–H and O–H groups in total. The number of nitrogens with one attached hydrogen (secondary N) is 1. The Bertz CT molecular complexity index is 1760. The molecule has 0 unspecified atom stereocenters. The van der Waals surface area contributed by atoms with Gasteiger partial charge in [0.15, 0.2) is 0 Å². The van der Waals surface area contributed by atoms with Gasteiger partial charge < -0.3 is 10.2 Å². The monoisotopic (exact) mass is 721 g/mol. The standard InChI is InChI=1S/C36H37BrClN3O4S/c1-26-17-19-33(20-18-26)46(44,45)41(32-16-8-13-30(38)23-32)25-35(42)40(24-28-11-7-12-29(37)21-28)34(22-27-9-3-2-4-10-27)36(43)39-31-14-5-6-15-31/h2-4,7-13,16-21,23,31,34H,5-6,14-15,22,24-25H2,1H3,(H,39,43)/t34-/m0/s1. The van der Waals surface area contributed by atoms with Gasteiger partial charge in [0.05, 0.1) is 10.6 Å². The lowest BCUT2D eigenvalue weighted by Crippen LogP contribution is -2.54. The Kier molecular flexibility index (Phi) is 11.2. The van der Waals surface area contributed by atoms with Gasteiger partial charge in [0, 0.05) is 28.5 Å².